The summed E-state index contributed by atoms with van der Waals surface area (Å²) in [4.78, 5) is 2.46. The Morgan fingerprint density at radius 1 is 1.67 bits per heavy atom. The van der Waals surface area contributed by atoms with Crippen molar-refractivity contribution >= 4 is 9.24 Å². The minimum Gasteiger partial charge on any atom is -0.303 e. The highest BCUT2D eigenvalue weighted by Crippen LogP contribution is 2.21. The van der Waals surface area contributed by atoms with Crippen molar-refractivity contribution in [1.82, 2.24) is 4.90 Å². The van der Waals surface area contributed by atoms with Crippen LogP contribution in [0.15, 0.2) is 0 Å². The quantitative estimate of drug-likeness (QED) is 0.501. The molecule has 0 bridgehead atoms. The fourth-order valence-electron chi connectivity index (χ4n) is 1.64. The van der Waals surface area contributed by atoms with E-state index in [2.05, 4.69) is 28.1 Å². The molecule has 3 atom stereocenters. The molecule has 1 rings (SSSR count). The Kier molecular flexibility index (Phi) is 2.49. The second-order valence-corrected chi connectivity index (χ2v) is 3.64. The molecule has 0 aliphatic carbocycles. The van der Waals surface area contributed by atoms with Crippen molar-refractivity contribution in [3.8, 4) is 0 Å². The third-order valence-corrected chi connectivity index (χ3v) is 2.71. The van der Waals surface area contributed by atoms with E-state index in [-0.39, 0.29) is 0 Å². The molecule has 0 amide bonds. The Bertz CT molecular complexity index is 94.9. The van der Waals surface area contributed by atoms with Gasteiger partial charge in [-0.1, -0.05) is 6.92 Å². The van der Waals surface area contributed by atoms with Crippen molar-refractivity contribution in [1.29, 1.82) is 0 Å². The summed E-state index contributed by atoms with van der Waals surface area (Å²) in [6, 6.07) is 0.838. The molecule has 0 aromatic heterocycles. The van der Waals surface area contributed by atoms with Gasteiger partial charge < -0.3 is 4.90 Å². The Balaban J connectivity index is 2.38. The van der Waals surface area contributed by atoms with Crippen molar-refractivity contribution in [2.24, 2.45) is 5.92 Å². The first-order chi connectivity index (χ1) is 4.24. The van der Waals surface area contributed by atoms with Crippen molar-refractivity contribution in [3.05, 3.63) is 0 Å². The zero-order valence-electron chi connectivity index (χ0n) is 6.30. The highest BCUT2D eigenvalue weighted by atomic mass is 31.0. The lowest BCUT2D eigenvalue weighted by atomic mass is 10.1. The topological polar surface area (TPSA) is 3.24 Å². The summed E-state index contributed by atoms with van der Waals surface area (Å²) in [6.45, 7) is 3.62. The van der Waals surface area contributed by atoms with Gasteiger partial charge in [-0.15, -0.1) is 9.24 Å². The van der Waals surface area contributed by atoms with Gasteiger partial charge in [0.15, 0.2) is 0 Å². The summed E-state index contributed by atoms with van der Waals surface area (Å²) in [5, 5.41) is 0. The molecule has 0 aromatic carbocycles. The van der Waals surface area contributed by atoms with Gasteiger partial charge >= 0.3 is 0 Å². The maximum absolute atomic E-state index is 2.82. The zero-order valence-corrected chi connectivity index (χ0v) is 7.46. The smallest absolute Gasteiger partial charge is 0.0130 e. The molecule has 1 saturated heterocycles. The summed E-state index contributed by atoms with van der Waals surface area (Å²) in [6.07, 6.45) is 2.63. The number of likely N-dealkylation sites (tertiary alicyclic amines) is 1. The molecule has 3 unspecified atom stereocenters. The van der Waals surface area contributed by atoms with Crippen LogP contribution in [0.25, 0.3) is 0 Å². The lowest BCUT2D eigenvalue weighted by molar-refractivity contribution is 0.331. The molecule has 1 aliphatic heterocycles. The van der Waals surface area contributed by atoms with E-state index in [4.69, 9.17) is 0 Å². The van der Waals surface area contributed by atoms with Crippen LogP contribution in [0.5, 0.6) is 0 Å². The highest BCUT2D eigenvalue weighted by Gasteiger charge is 2.24. The third kappa shape index (κ3) is 1.65. The fourth-order valence-corrected chi connectivity index (χ4v) is 2.19. The standard InChI is InChI=1S/C7H16NP/c1-6-3-7(5-9)8(2)4-6/h6-7H,3-5,9H2,1-2H3. The minimum atomic E-state index is 0.838. The van der Waals surface area contributed by atoms with Gasteiger partial charge in [0.05, 0.1) is 0 Å². The van der Waals surface area contributed by atoms with E-state index >= 15 is 0 Å². The van der Waals surface area contributed by atoms with Crippen LogP contribution in [0, 0.1) is 5.92 Å². The van der Waals surface area contributed by atoms with Crippen LogP contribution in [0.1, 0.15) is 13.3 Å². The predicted molar refractivity (Wildman–Crippen MR) is 44.8 cm³/mol. The van der Waals surface area contributed by atoms with Crippen LogP contribution in [-0.2, 0) is 0 Å². The van der Waals surface area contributed by atoms with Gasteiger partial charge in [0.2, 0.25) is 0 Å². The first kappa shape index (κ1) is 7.50. The van der Waals surface area contributed by atoms with Gasteiger partial charge in [0.1, 0.15) is 0 Å². The third-order valence-electron chi connectivity index (χ3n) is 2.17. The van der Waals surface area contributed by atoms with Crippen molar-refractivity contribution < 1.29 is 0 Å². The lowest BCUT2D eigenvalue weighted by Crippen LogP contribution is -2.25. The monoisotopic (exact) mass is 145 g/mol. The first-order valence-corrected chi connectivity index (χ1v) is 4.46. The molecule has 0 radical (unpaired) electrons. The van der Waals surface area contributed by atoms with E-state index in [0.29, 0.717) is 0 Å². The van der Waals surface area contributed by atoms with E-state index < -0.39 is 0 Å². The second kappa shape index (κ2) is 2.98. The molecule has 1 aliphatic rings. The molecule has 54 valence electrons. The maximum Gasteiger partial charge on any atom is 0.0130 e. The highest BCUT2D eigenvalue weighted by molar-refractivity contribution is 7.16. The molecular weight excluding hydrogens is 129 g/mol. The van der Waals surface area contributed by atoms with Gasteiger partial charge in [-0.25, -0.2) is 0 Å². The number of nitrogens with zero attached hydrogens (tertiary/aromatic N) is 1. The van der Waals surface area contributed by atoms with Crippen LogP contribution in [0.4, 0.5) is 0 Å². The summed E-state index contributed by atoms with van der Waals surface area (Å²) in [5.74, 6) is 0.917. The molecule has 1 heterocycles. The van der Waals surface area contributed by atoms with Crippen molar-refractivity contribution in [2.75, 3.05) is 19.8 Å². The van der Waals surface area contributed by atoms with Gasteiger partial charge in [-0.3, -0.25) is 0 Å². The Morgan fingerprint density at radius 2 is 2.33 bits per heavy atom. The summed E-state index contributed by atoms with van der Waals surface area (Å²) >= 11 is 0. The molecule has 0 aromatic rings. The lowest BCUT2D eigenvalue weighted by Gasteiger charge is -2.15. The Labute approximate surface area is 60.0 Å². The van der Waals surface area contributed by atoms with E-state index in [1.54, 1.807) is 0 Å². The van der Waals surface area contributed by atoms with Crippen molar-refractivity contribution in [2.45, 2.75) is 19.4 Å². The van der Waals surface area contributed by atoms with Crippen LogP contribution in [0.2, 0.25) is 0 Å². The zero-order chi connectivity index (χ0) is 6.85. The van der Waals surface area contributed by atoms with Gasteiger partial charge in [-0.05, 0) is 25.5 Å². The van der Waals surface area contributed by atoms with Crippen LogP contribution in [-0.4, -0.2) is 30.7 Å². The largest absolute Gasteiger partial charge is 0.303 e. The van der Waals surface area contributed by atoms with Crippen LogP contribution in [0.3, 0.4) is 0 Å². The fraction of sp³-hybridized carbons (Fsp3) is 1.00. The molecule has 9 heavy (non-hydrogen) atoms. The van der Waals surface area contributed by atoms with Gasteiger partial charge in [0, 0.05) is 12.6 Å². The SMILES string of the molecule is CC1CC(CP)N(C)C1. The predicted octanol–water partition coefficient (Wildman–Crippen LogP) is 1.20. The van der Waals surface area contributed by atoms with E-state index in [1.165, 1.54) is 19.1 Å². The normalized spacial score (nSPS) is 37.7. The number of hydrogen-bond acceptors (Lipinski definition) is 1. The molecule has 0 saturated carbocycles. The number of hydrogen-bond donors (Lipinski definition) is 0. The summed E-state index contributed by atoms with van der Waals surface area (Å²) in [7, 11) is 5.04. The molecular formula is C7H16NP. The second-order valence-electron chi connectivity index (χ2n) is 3.17. The van der Waals surface area contributed by atoms with Crippen LogP contribution < -0.4 is 0 Å². The molecule has 0 N–H and O–H groups in total. The Morgan fingerprint density at radius 3 is 2.56 bits per heavy atom. The number of rotatable bonds is 1. The van der Waals surface area contributed by atoms with E-state index in [1.807, 2.05) is 0 Å². The molecule has 1 nitrogen and oxygen atoms in total. The Hall–Kier alpha value is 0.390. The molecule has 0 spiro atoms. The summed E-state index contributed by atoms with van der Waals surface area (Å²) in [5.41, 5.74) is 0. The van der Waals surface area contributed by atoms with E-state index in [0.717, 1.165) is 12.0 Å². The molecule has 2 heteroatoms. The van der Waals surface area contributed by atoms with Gasteiger partial charge in [-0.2, -0.15) is 0 Å². The minimum absolute atomic E-state index is 0.838. The molecule has 1 fully saturated rings. The van der Waals surface area contributed by atoms with Crippen molar-refractivity contribution in [3.63, 3.8) is 0 Å². The first-order valence-electron chi connectivity index (χ1n) is 3.64. The summed E-state index contributed by atoms with van der Waals surface area (Å²) < 4.78 is 0. The van der Waals surface area contributed by atoms with Gasteiger partial charge in [0.25, 0.3) is 0 Å². The average Bonchev–Trinajstić information content (AvgIpc) is 2.10. The van der Waals surface area contributed by atoms with E-state index in [9.17, 15) is 0 Å². The average molecular weight is 145 g/mol. The van der Waals surface area contributed by atoms with Crippen LogP contribution >= 0.6 is 9.24 Å². The maximum atomic E-state index is 2.82.